The molecule has 5 nitrogen and oxygen atoms in total. The van der Waals surface area contributed by atoms with E-state index in [-0.39, 0.29) is 12.2 Å². The average molecular weight is 289 g/mol. The molecule has 1 saturated carbocycles. The number of hydrogen-bond donors (Lipinski definition) is 1. The van der Waals surface area contributed by atoms with E-state index in [1.807, 2.05) is 0 Å². The fraction of sp³-hybridized carbons (Fsp3) is 1.00. The SMILES string of the molecule is CCCNC1CC(OCCOCCC)C1OCCOC. The first kappa shape index (κ1) is 17.9. The lowest BCUT2D eigenvalue weighted by Crippen LogP contribution is -2.60. The number of hydrogen-bond acceptors (Lipinski definition) is 5. The van der Waals surface area contributed by atoms with Crippen LogP contribution in [0.4, 0.5) is 0 Å². The molecule has 0 aromatic heterocycles. The van der Waals surface area contributed by atoms with Crippen molar-refractivity contribution in [1.29, 1.82) is 0 Å². The largest absolute Gasteiger partial charge is 0.382 e. The van der Waals surface area contributed by atoms with Crippen LogP contribution in [0.5, 0.6) is 0 Å². The van der Waals surface area contributed by atoms with E-state index in [2.05, 4.69) is 19.2 Å². The highest BCUT2D eigenvalue weighted by Gasteiger charge is 2.42. The summed E-state index contributed by atoms with van der Waals surface area (Å²) in [7, 11) is 1.69. The smallest absolute Gasteiger partial charge is 0.0991 e. The van der Waals surface area contributed by atoms with E-state index in [4.69, 9.17) is 18.9 Å². The first-order valence-corrected chi connectivity index (χ1v) is 7.86. The minimum atomic E-state index is 0.142. The van der Waals surface area contributed by atoms with Gasteiger partial charge < -0.3 is 24.3 Å². The lowest BCUT2D eigenvalue weighted by Gasteiger charge is -2.44. The van der Waals surface area contributed by atoms with Gasteiger partial charge in [-0.25, -0.2) is 0 Å². The van der Waals surface area contributed by atoms with E-state index >= 15 is 0 Å². The third kappa shape index (κ3) is 6.50. The second-order valence-corrected chi connectivity index (χ2v) is 5.15. The van der Waals surface area contributed by atoms with Gasteiger partial charge in [-0.15, -0.1) is 0 Å². The molecule has 120 valence electrons. The van der Waals surface area contributed by atoms with Gasteiger partial charge in [-0.3, -0.25) is 0 Å². The van der Waals surface area contributed by atoms with Crippen molar-refractivity contribution in [2.45, 2.75) is 51.4 Å². The zero-order valence-electron chi connectivity index (χ0n) is 13.2. The Kier molecular flexibility index (Phi) is 10.2. The van der Waals surface area contributed by atoms with E-state index in [9.17, 15) is 0 Å². The highest BCUT2D eigenvalue weighted by atomic mass is 16.6. The normalized spacial score (nSPS) is 25.6. The molecular weight excluding hydrogens is 258 g/mol. The summed E-state index contributed by atoms with van der Waals surface area (Å²) < 4.78 is 22.2. The predicted molar refractivity (Wildman–Crippen MR) is 79.2 cm³/mol. The Morgan fingerprint density at radius 2 is 1.75 bits per heavy atom. The average Bonchev–Trinajstić information content (AvgIpc) is 2.45. The summed E-state index contributed by atoms with van der Waals surface area (Å²) >= 11 is 0. The number of rotatable bonds is 13. The van der Waals surface area contributed by atoms with Gasteiger partial charge in [-0.2, -0.15) is 0 Å². The van der Waals surface area contributed by atoms with Crippen molar-refractivity contribution in [3.8, 4) is 0 Å². The summed E-state index contributed by atoms with van der Waals surface area (Å²) in [6.45, 7) is 8.68. The molecule has 0 radical (unpaired) electrons. The van der Waals surface area contributed by atoms with Crippen LogP contribution in [-0.2, 0) is 18.9 Å². The highest BCUT2D eigenvalue weighted by molar-refractivity contribution is 4.97. The summed E-state index contributed by atoms with van der Waals surface area (Å²) in [4.78, 5) is 0. The zero-order valence-corrected chi connectivity index (χ0v) is 13.2. The fourth-order valence-corrected chi connectivity index (χ4v) is 2.27. The minimum Gasteiger partial charge on any atom is -0.382 e. The first-order chi connectivity index (χ1) is 9.83. The molecule has 3 atom stereocenters. The van der Waals surface area contributed by atoms with Crippen LogP contribution in [0.25, 0.3) is 0 Å². The molecule has 3 unspecified atom stereocenters. The van der Waals surface area contributed by atoms with Crippen molar-refractivity contribution in [2.24, 2.45) is 0 Å². The van der Waals surface area contributed by atoms with Crippen molar-refractivity contribution in [1.82, 2.24) is 5.32 Å². The van der Waals surface area contributed by atoms with E-state index in [0.29, 0.717) is 32.5 Å². The Hall–Kier alpha value is -0.200. The van der Waals surface area contributed by atoms with Crippen molar-refractivity contribution in [2.75, 3.05) is 46.7 Å². The molecule has 1 aliphatic carbocycles. The second kappa shape index (κ2) is 11.5. The number of ether oxygens (including phenoxy) is 4. The molecular formula is C15H31NO4. The van der Waals surface area contributed by atoms with Crippen LogP contribution in [0.1, 0.15) is 33.1 Å². The Morgan fingerprint density at radius 3 is 2.45 bits per heavy atom. The molecule has 0 aromatic carbocycles. The molecule has 1 fully saturated rings. The topological polar surface area (TPSA) is 49.0 Å². The summed E-state index contributed by atoms with van der Waals surface area (Å²) in [5.74, 6) is 0. The summed E-state index contributed by atoms with van der Waals surface area (Å²) in [5.41, 5.74) is 0. The minimum absolute atomic E-state index is 0.142. The maximum absolute atomic E-state index is 5.87. The van der Waals surface area contributed by atoms with Crippen LogP contribution in [0.3, 0.4) is 0 Å². The number of methoxy groups -OCH3 is 1. The monoisotopic (exact) mass is 289 g/mol. The lowest BCUT2D eigenvalue weighted by molar-refractivity contribution is -0.157. The van der Waals surface area contributed by atoms with Gasteiger partial charge in [0.25, 0.3) is 0 Å². The Bertz CT molecular complexity index is 228. The molecule has 1 aliphatic rings. The lowest BCUT2D eigenvalue weighted by atomic mass is 9.85. The van der Waals surface area contributed by atoms with Crippen LogP contribution < -0.4 is 5.32 Å². The molecule has 0 saturated heterocycles. The van der Waals surface area contributed by atoms with E-state index < -0.39 is 0 Å². The van der Waals surface area contributed by atoms with E-state index in [1.54, 1.807) is 7.11 Å². The maximum atomic E-state index is 5.87. The van der Waals surface area contributed by atoms with Gasteiger partial charge in [0.05, 0.1) is 38.6 Å². The van der Waals surface area contributed by atoms with Crippen molar-refractivity contribution < 1.29 is 18.9 Å². The summed E-state index contributed by atoms with van der Waals surface area (Å²) in [5, 5.41) is 3.51. The molecule has 0 amide bonds. The quantitative estimate of drug-likeness (QED) is 0.522. The van der Waals surface area contributed by atoms with Gasteiger partial charge in [0.2, 0.25) is 0 Å². The molecule has 0 spiro atoms. The molecule has 20 heavy (non-hydrogen) atoms. The van der Waals surface area contributed by atoms with E-state index in [0.717, 1.165) is 32.4 Å². The fourth-order valence-electron chi connectivity index (χ4n) is 2.27. The van der Waals surface area contributed by atoms with Gasteiger partial charge in [0.15, 0.2) is 0 Å². The zero-order chi connectivity index (χ0) is 14.6. The molecule has 1 N–H and O–H groups in total. The van der Waals surface area contributed by atoms with Gasteiger partial charge in [0.1, 0.15) is 0 Å². The molecule has 0 aromatic rings. The Balaban J connectivity index is 2.19. The van der Waals surface area contributed by atoms with Crippen LogP contribution in [0, 0.1) is 0 Å². The molecule has 0 heterocycles. The van der Waals surface area contributed by atoms with E-state index in [1.165, 1.54) is 0 Å². The molecule has 0 bridgehead atoms. The van der Waals surface area contributed by atoms with Crippen LogP contribution in [0.15, 0.2) is 0 Å². The first-order valence-electron chi connectivity index (χ1n) is 7.86. The van der Waals surface area contributed by atoms with Gasteiger partial charge in [0, 0.05) is 19.8 Å². The second-order valence-electron chi connectivity index (χ2n) is 5.15. The standard InChI is InChI=1S/C15H31NO4/c1-4-6-16-13-12-14(15(13)20-10-8-17-3)19-11-9-18-7-5-2/h13-16H,4-12H2,1-3H3. The third-order valence-electron chi connectivity index (χ3n) is 3.41. The predicted octanol–water partition coefficient (Wildman–Crippen LogP) is 1.60. The summed E-state index contributed by atoms with van der Waals surface area (Å²) in [6, 6.07) is 0.411. The van der Waals surface area contributed by atoms with Crippen LogP contribution >= 0.6 is 0 Å². The molecule has 5 heteroatoms. The Morgan fingerprint density at radius 1 is 0.950 bits per heavy atom. The van der Waals surface area contributed by atoms with Gasteiger partial charge in [-0.1, -0.05) is 13.8 Å². The summed E-state index contributed by atoms with van der Waals surface area (Å²) in [6.07, 6.45) is 3.53. The van der Waals surface area contributed by atoms with Crippen molar-refractivity contribution >= 4 is 0 Å². The Labute approximate surface area is 123 Å². The molecule has 1 rings (SSSR count). The third-order valence-corrected chi connectivity index (χ3v) is 3.41. The van der Waals surface area contributed by atoms with Crippen LogP contribution in [0.2, 0.25) is 0 Å². The van der Waals surface area contributed by atoms with Crippen molar-refractivity contribution in [3.63, 3.8) is 0 Å². The maximum Gasteiger partial charge on any atom is 0.0991 e. The van der Waals surface area contributed by atoms with Gasteiger partial charge >= 0.3 is 0 Å². The van der Waals surface area contributed by atoms with Crippen molar-refractivity contribution in [3.05, 3.63) is 0 Å². The number of nitrogens with one attached hydrogen (secondary N) is 1. The van der Waals surface area contributed by atoms with Crippen LogP contribution in [-0.4, -0.2) is 64.9 Å². The molecule has 0 aliphatic heterocycles. The van der Waals surface area contributed by atoms with Gasteiger partial charge in [-0.05, 0) is 25.8 Å². The highest BCUT2D eigenvalue weighted by Crippen LogP contribution is 2.27.